The predicted octanol–water partition coefficient (Wildman–Crippen LogP) is 1.68. The number of rotatable bonds is 5. The molecule has 0 atom stereocenters. The van der Waals surface area contributed by atoms with Crippen LogP contribution in [0.4, 0.5) is 0 Å². The summed E-state index contributed by atoms with van der Waals surface area (Å²) >= 11 is 0. The Morgan fingerprint density at radius 3 is 2.22 bits per heavy atom. The van der Waals surface area contributed by atoms with Gasteiger partial charge in [-0.3, -0.25) is 4.79 Å². The number of likely N-dealkylation sites (N-methyl/N-ethyl adjacent to an activating group) is 1. The van der Waals surface area contributed by atoms with Crippen molar-refractivity contribution in [1.82, 2.24) is 9.80 Å². The lowest BCUT2D eigenvalue weighted by atomic mass is 10.1. The van der Waals surface area contributed by atoms with Crippen molar-refractivity contribution in [3.63, 3.8) is 0 Å². The van der Waals surface area contributed by atoms with E-state index in [4.69, 9.17) is 0 Å². The van der Waals surface area contributed by atoms with Crippen molar-refractivity contribution in [2.75, 3.05) is 39.3 Å². The molecule has 0 saturated carbocycles. The average Bonchev–Trinajstić information content (AvgIpc) is 2.46. The van der Waals surface area contributed by atoms with Crippen molar-refractivity contribution in [2.45, 2.75) is 13.3 Å². The average molecular weight is 246 g/mol. The molecular weight excluding hydrogens is 224 g/mol. The number of carbonyl (C=O) groups excluding carboxylic acids is 1. The van der Waals surface area contributed by atoms with Crippen LogP contribution in [0.1, 0.15) is 22.8 Å². The van der Waals surface area contributed by atoms with Crippen LogP contribution in [0.5, 0.6) is 0 Å². The van der Waals surface area contributed by atoms with Gasteiger partial charge in [-0.05, 0) is 18.5 Å². The van der Waals surface area contributed by atoms with Crippen LogP contribution in [0, 0.1) is 0 Å². The fraction of sp³-hybridized carbons (Fsp3) is 0.533. The molecule has 1 heterocycles. The maximum absolute atomic E-state index is 10.6. The second-order valence-corrected chi connectivity index (χ2v) is 4.89. The molecule has 3 nitrogen and oxygen atoms in total. The molecule has 1 aromatic carbocycles. The van der Waals surface area contributed by atoms with Gasteiger partial charge in [0.05, 0.1) is 0 Å². The van der Waals surface area contributed by atoms with E-state index in [1.165, 1.54) is 38.3 Å². The lowest BCUT2D eigenvalue weighted by molar-refractivity contribution is 0.112. The molecule has 1 aliphatic heterocycles. The first-order valence-corrected chi connectivity index (χ1v) is 6.80. The number of hydrogen-bond acceptors (Lipinski definition) is 3. The van der Waals surface area contributed by atoms with Crippen LogP contribution in [0.2, 0.25) is 0 Å². The summed E-state index contributed by atoms with van der Waals surface area (Å²) in [7, 11) is 0. The third kappa shape index (κ3) is 3.65. The maximum atomic E-state index is 10.6. The van der Waals surface area contributed by atoms with Crippen molar-refractivity contribution < 1.29 is 4.79 Å². The zero-order valence-electron chi connectivity index (χ0n) is 11.1. The summed E-state index contributed by atoms with van der Waals surface area (Å²) in [5, 5.41) is 0. The standard InChI is InChI=1S/C15H22N2O/c1-2-16-9-11-17(12-10-16)8-7-14-3-5-15(13-18)6-4-14/h3-6,13H,2,7-12H2,1H3. The van der Waals surface area contributed by atoms with E-state index in [2.05, 4.69) is 28.9 Å². The van der Waals surface area contributed by atoms with Crippen molar-refractivity contribution in [2.24, 2.45) is 0 Å². The van der Waals surface area contributed by atoms with E-state index < -0.39 is 0 Å². The maximum Gasteiger partial charge on any atom is 0.150 e. The summed E-state index contributed by atoms with van der Waals surface area (Å²) in [5.41, 5.74) is 2.08. The molecule has 1 fully saturated rings. The zero-order valence-corrected chi connectivity index (χ0v) is 11.1. The molecule has 0 amide bonds. The van der Waals surface area contributed by atoms with Gasteiger partial charge in [-0.25, -0.2) is 0 Å². The number of piperazine rings is 1. The Balaban J connectivity index is 1.76. The molecule has 0 aliphatic carbocycles. The van der Waals surface area contributed by atoms with E-state index in [1.807, 2.05) is 12.1 Å². The van der Waals surface area contributed by atoms with Gasteiger partial charge in [-0.1, -0.05) is 31.2 Å². The van der Waals surface area contributed by atoms with E-state index in [-0.39, 0.29) is 0 Å². The Morgan fingerprint density at radius 2 is 1.67 bits per heavy atom. The number of nitrogens with zero attached hydrogens (tertiary/aromatic N) is 2. The molecule has 0 aromatic heterocycles. The van der Waals surface area contributed by atoms with Gasteiger partial charge in [-0.15, -0.1) is 0 Å². The highest BCUT2D eigenvalue weighted by molar-refractivity contribution is 5.74. The smallest absolute Gasteiger partial charge is 0.150 e. The molecule has 3 heteroatoms. The SMILES string of the molecule is CCN1CCN(CCc2ccc(C=O)cc2)CC1. The minimum atomic E-state index is 0.760. The molecule has 0 N–H and O–H groups in total. The monoisotopic (exact) mass is 246 g/mol. The molecular formula is C15H22N2O. The number of carbonyl (C=O) groups is 1. The van der Waals surface area contributed by atoms with Gasteiger partial charge in [0.15, 0.2) is 0 Å². The fourth-order valence-corrected chi connectivity index (χ4v) is 2.38. The highest BCUT2D eigenvalue weighted by Crippen LogP contribution is 2.06. The zero-order chi connectivity index (χ0) is 12.8. The first-order chi connectivity index (χ1) is 8.81. The van der Waals surface area contributed by atoms with Crippen LogP contribution < -0.4 is 0 Å². The highest BCUT2D eigenvalue weighted by atomic mass is 16.1. The number of hydrogen-bond donors (Lipinski definition) is 0. The third-order valence-electron chi connectivity index (χ3n) is 3.74. The lowest BCUT2D eigenvalue weighted by Gasteiger charge is -2.34. The van der Waals surface area contributed by atoms with Gasteiger partial charge in [0.2, 0.25) is 0 Å². The Labute approximate surface area is 109 Å². The van der Waals surface area contributed by atoms with Crippen LogP contribution in [0.3, 0.4) is 0 Å². The van der Waals surface area contributed by atoms with Gasteiger partial charge < -0.3 is 9.80 Å². The van der Waals surface area contributed by atoms with Crippen LogP contribution in [0.25, 0.3) is 0 Å². The van der Waals surface area contributed by atoms with Gasteiger partial charge in [0, 0.05) is 38.3 Å². The molecule has 2 rings (SSSR count). The van der Waals surface area contributed by atoms with E-state index >= 15 is 0 Å². The summed E-state index contributed by atoms with van der Waals surface area (Å²) in [6.45, 7) is 9.27. The van der Waals surface area contributed by atoms with Crippen molar-refractivity contribution in [1.29, 1.82) is 0 Å². The fourth-order valence-electron chi connectivity index (χ4n) is 2.38. The molecule has 1 aromatic rings. The molecule has 0 radical (unpaired) electrons. The van der Waals surface area contributed by atoms with Gasteiger partial charge >= 0.3 is 0 Å². The normalized spacial score (nSPS) is 17.8. The van der Waals surface area contributed by atoms with Crippen LogP contribution in [-0.4, -0.2) is 55.4 Å². The second kappa shape index (κ2) is 6.66. The second-order valence-electron chi connectivity index (χ2n) is 4.89. The third-order valence-corrected chi connectivity index (χ3v) is 3.74. The minimum absolute atomic E-state index is 0.760. The van der Waals surface area contributed by atoms with Gasteiger partial charge in [0.25, 0.3) is 0 Å². The summed E-state index contributed by atoms with van der Waals surface area (Å²) in [6.07, 6.45) is 1.97. The summed E-state index contributed by atoms with van der Waals surface area (Å²) in [6, 6.07) is 7.92. The minimum Gasteiger partial charge on any atom is -0.301 e. The summed E-state index contributed by atoms with van der Waals surface area (Å²) in [5.74, 6) is 0. The lowest BCUT2D eigenvalue weighted by Crippen LogP contribution is -2.46. The van der Waals surface area contributed by atoms with E-state index in [9.17, 15) is 4.79 Å². The van der Waals surface area contributed by atoms with Crippen LogP contribution in [0.15, 0.2) is 24.3 Å². The van der Waals surface area contributed by atoms with E-state index in [1.54, 1.807) is 0 Å². The first kappa shape index (κ1) is 13.2. The topological polar surface area (TPSA) is 23.6 Å². The molecule has 98 valence electrons. The first-order valence-electron chi connectivity index (χ1n) is 6.80. The van der Waals surface area contributed by atoms with Crippen LogP contribution >= 0.6 is 0 Å². The van der Waals surface area contributed by atoms with Crippen molar-refractivity contribution >= 4 is 6.29 Å². The van der Waals surface area contributed by atoms with E-state index in [0.717, 1.165) is 24.8 Å². The molecule has 1 aliphatic rings. The molecule has 1 saturated heterocycles. The highest BCUT2D eigenvalue weighted by Gasteiger charge is 2.14. The Bertz CT molecular complexity index is 367. The van der Waals surface area contributed by atoms with E-state index in [0.29, 0.717) is 0 Å². The summed E-state index contributed by atoms with van der Waals surface area (Å²) in [4.78, 5) is 15.6. The quantitative estimate of drug-likeness (QED) is 0.739. The molecule has 0 spiro atoms. The van der Waals surface area contributed by atoms with Gasteiger partial charge in [0.1, 0.15) is 6.29 Å². The van der Waals surface area contributed by atoms with Crippen LogP contribution in [-0.2, 0) is 6.42 Å². The van der Waals surface area contributed by atoms with Crippen molar-refractivity contribution in [3.05, 3.63) is 35.4 Å². The number of aldehydes is 1. The Kier molecular flexibility index (Phi) is 4.90. The number of benzene rings is 1. The largest absolute Gasteiger partial charge is 0.301 e. The van der Waals surface area contributed by atoms with Gasteiger partial charge in [-0.2, -0.15) is 0 Å². The molecule has 0 unspecified atom stereocenters. The molecule has 0 bridgehead atoms. The summed E-state index contributed by atoms with van der Waals surface area (Å²) < 4.78 is 0. The Hall–Kier alpha value is -1.19. The molecule has 18 heavy (non-hydrogen) atoms. The Morgan fingerprint density at radius 1 is 1.06 bits per heavy atom. The van der Waals surface area contributed by atoms with Crippen molar-refractivity contribution in [3.8, 4) is 0 Å². The predicted molar refractivity (Wildman–Crippen MR) is 74.1 cm³/mol.